The van der Waals surface area contributed by atoms with Crippen LogP contribution < -0.4 is 16.0 Å². The predicted octanol–water partition coefficient (Wildman–Crippen LogP) is 0.783. The molecule has 0 radical (unpaired) electrons. The molecule has 148 valence electrons. The van der Waals surface area contributed by atoms with Crippen LogP contribution in [0, 0.1) is 0 Å². The molecule has 7 nitrogen and oxygen atoms in total. The molecule has 3 rings (SSSR count). The minimum atomic E-state index is -0.506. The summed E-state index contributed by atoms with van der Waals surface area (Å²) >= 11 is 0. The molecule has 2 aromatic rings. The number of fused-ring (bicyclic) bond motifs is 1. The number of nitrogens with zero attached hydrogens (tertiary/aromatic N) is 1. The number of carbonyl (C=O) groups is 3. The van der Waals surface area contributed by atoms with Crippen molar-refractivity contribution in [1.29, 1.82) is 0 Å². The minimum Gasteiger partial charge on any atom is -0.355 e. The summed E-state index contributed by atoms with van der Waals surface area (Å²) in [6.45, 7) is 4.02. The van der Waals surface area contributed by atoms with Crippen molar-refractivity contribution in [1.82, 2.24) is 20.9 Å². The lowest BCUT2D eigenvalue weighted by Crippen LogP contribution is -2.56. The smallest absolute Gasteiger partial charge is 0.237 e. The summed E-state index contributed by atoms with van der Waals surface area (Å²) < 4.78 is 0. The fraction of sp³-hybridized carbons (Fsp3) is 0.381. The SMILES string of the molecule is CC(=O)NCCNC(=O)C[C@@H]1C(=O)NCCN1Cc1cccc2ccccc12. The zero-order chi connectivity index (χ0) is 19.9. The Bertz CT molecular complexity index is 862. The molecule has 0 aromatic heterocycles. The standard InChI is InChI=1S/C21H26N4O3/c1-15(26)22-9-10-23-20(27)13-19-21(28)24-11-12-25(19)14-17-7-4-6-16-5-2-3-8-18(16)17/h2-8,19H,9-14H2,1H3,(H,22,26)(H,23,27)(H,24,28)/t19-/m1/s1. The van der Waals surface area contributed by atoms with Gasteiger partial charge in [-0.15, -0.1) is 0 Å². The molecular formula is C21H26N4O3. The highest BCUT2D eigenvalue weighted by atomic mass is 16.2. The van der Waals surface area contributed by atoms with Crippen molar-refractivity contribution >= 4 is 28.5 Å². The lowest BCUT2D eigenvalue weighted by atomic mass is 10.0. The van der Waals surface area contributed by atoms with Crippen molar-refractivity contribution in [3.63, 3.8) is 0 Å². The number of hydrogen-bond acceptors (Lipinski definition) is 4. The van der Waals surface area contributed by atoms with Crippen LogP contribution in [0.3, 0.4) is 0 Å². The summed E-state index contributed by atoms with van der Waals surface area (Å²) in [6, 6.07) is 13.8. The molecule has 1 atom stereocenters. The number of carbonyl (C=O) groups excluding carboxylic acids is 3. The van der Waals surface area contributed by atoms with Crippen LogP contribution in [0.5, 0.6) is 0 Å². The maximum Gasteiger partial charge on any atom is 0.237 e. The topological polar surface area (TPSA) is 90.5 Å². The molecule has 0 bridgehead atoms. The quantitative estimate of drug-likeness (QED) is 0.618. The average Bonchev–Trinajstić information content (AvgIpc) is 2.68. The lowest BCUT2D eigenvalue weighted by Gasteiger charge is -2.35. The van der Waals surface area contributed by atoms with Gasteiger partial charge in [0.05, 0.1) is 12.5 Å². The Kier molecular flexibility index (Phi) is 6.60. The third-order valence-corrected chi connectivity index (χ3v) is 4.89. The molecule has 1 saturated heterocycles. The van der Waals surface area contributed by atoms with Gasteiger partial charge in [0.25, 0.3) is 0 Å². The van der Waals surface area contributed by atoms with E-state index in [1.807, 2.05) is 18.2 Å². The Hall–Kier alpha value is -2.93. The van der Waals surface area contributed by atoms with E-state index >= 15 is 0 Å². The van der Waals surface area contributed by atoms with Crippen LogP contribution in [0.1, 0.15) is 18.9 Å². The maximum absolute atomic E-state index is 12.4. The van der Waals surface area contributed by atoms with E-state index in [4.69, 9.17) is 0 Å². The first-order valence-corrected chi connectivity index (χ1v) is 9.54. The highest BCUT2D eigenvalue weighted by molar-refractivity contribution is 5.89. The van der Waals surface area contributed by atoms with Gasteiger partial charge in [-0.2, -0.15) is 0 Å². The molecule has 3 N–H and O–H groups in total. The van der Waals surface area contributed by atoms with E-state index in [0.717, 1.165) is 16.3 Å². The molecule has 7 heteroatoms. The Labute approximate surface area is 164 Å². The highest BCUT2D eigenvalue weighted by Crippen LogP contribution is 2.22. The van der Waals surface area contributed by atoms with Crippen LogP contribution in [0.4, 0.5) is 0 Å². The van der Waals surface area contributed by atoms with Gasteiger partial charge in [-0.3, -0.25) is 19.3 Å². The van der Waals surface area contributed by atoms with Crippen molar-refractivity contribution in [2.75, 3.05) is 26.2 Å². The summed E-state index contributed by atoms with van der Waals surface area (Å²) in [7, 11) is 0. The van der Waals surface area contributed by atoms with Crippen LogP contribution in [0.25, 0.3) is 10.8 Å². The third kappa shape index (κ3) is 5.07. The van der Waals surface area contributed by atoms with E-state index in [-0.39, 0.29) is 24.1 Å². The molecule has 0 saturated carbocycles. The summed E-state index contributed by atoms with van der Waals surface area (Å²) in [5.41, 5.74) is 1.14. The molecule has 3 amide bonds. The molecular weight excluding hydrogens is 356 g/mol. The van der Waals surface area contributed by atoms with Gasteiger partial charge in [0, 0.05) is 39.6 Å². The van der Waals surface area contributed by atoms with Gasteiger partial charge in [0.1, 0.15) is 0 Å². The van der Waals surface area contributed by atoms with Crippen molar-refractivity contribution in [2.45, 2.75) is 25.9 Å². The van der Waals surface area contributed by atoms with Crippen LogP contribution in [0.15, 0.2) is 42.5 Å². The van der Waals surface area contributed by atoms with Crippen molar-refractivity contribution in [3.05, 3.63) is 48.0 Å². The maximum atomic E-state index is 12.4. The van der Waals surface area contributed by atoms with Gasteiger partial charge in [-0.25, -0.2) is 0 Å². The number of piperazine rings is 1. The van der Waals surface area contributed by atoms with Crippen molar-refractivity contribution in [3.8, 4) is 0 Å². The summed E-state index contributed by atoms with van der Waals surface area (Å²) in [5, 5.41) is 10.6. The Morgan fingerprint density at radius 1 is 1.11 bits per heavy atom. The molecule has 0 spiro atoms. The van der Waals surface area contributed by atoms with Gasteiger partial charge < -0.3 is 16.0 Å². The predicted molar refractivity (Wildman–Crippen MR) is 107 cm³/mol. The van der Waals surface area contributed by atoms with E-state index in [9.17, 15) is 14.4 Å². The van der Waals surface area contributed by atoms with E-state index in [1.54, 1.807) is 0 Å². The molecule has 1 aliphatic rings. The van der Waals surface area contributed by atoms with Gasteiger partial charge >= 0.3 is 0 Å². The Balaban J connectivity index is 1.66. The number of nitrogens with one attached hydrogen (secondary N) is 3. The fourth-order valence-corrected chi connectivity index (χ4v) is 3.51. The molecule has 0 unspecified atom stereocenters. The van der Waals surface area contributed by atoms with Gasteiger partial charge in [-0.05, 0) is 16.3 Å². The monoisotopic (exact) mass is 382 g/mol. The van der Waals surface area contributed by atoms with Crippen LogP contribution in [-0.2, 0) is 20.9 Å². The number of benzene rings is 2. The molecule has 1 aliphatic heterocycles. The Morgan fingerprint density at radius 2 is 1.86 bits per heavy atom. The van der Waals surface area contributed by atoms with E-state index in [0.29, 0.717) is 32.7 Å². The number of amides is 3. The Morgan fingerprint density at radius 3 is 2.68 bits per heavy atom. The largest absolute Gasteiger partial charge is 0.355 e. The highest BCUT2D eigenvalue weighted by Gasteiger charge is 2.31. The summed E-state index contributed by atoms with van der Waals surface area (Å²) in [4.78, 5) is 37.6. The van der Waals surface area contributed by atoms with Crippen LogP contribution in [0.2, 0.25) is 0 Å². The fourth-order valence-electron chi connectivity index (χ4n) is 3.51. The van der Waals surface area contributed by atoms with Gasteiger partial charge in [0.15, 0.2) is 0 Å². The van der Waals surface area contributed by atoms with Crippen LogP contribution >= 0.6 is 0 Å². The summed E-state index contributed by atoms with van der Waals surface area (Å²) in [6.07, 6.45) is 0.0939. The van der Waals surface area contributed by atoms with Gasteiger partial charge in [0.2, 0.25) is 17.7 Å². The second kappa shape index (κ2) is 9.32. The molecule has 28 heavy (non-hydrogen) atoms. The lowest BCUT2D eigenvalue weighted by molar-refractivity contribution is -0.134. The number of rotatable bonds is 7. The minimum absolute atomic E-state index is 0.0939. The third-order valence-electron chi connectivity index (χ3n) is 4.89. The molecule has 1 heterocycles. The first-order valence-electron chi connectivity index (χ1n) is 9.54. The average molecular weight is 382 g/mol. The molecule has 2 aromatic carbocycles. The van der Waals surface area contributed by atoms with Crippen molar-refractivity contribution in [2.24, 2.45) is 0 Å². The molecule has 1 fully saturated rings. The van der Waals surface area contributed by atoms with E-state index in [1.165, 1.54) is 6.92 Å². The second-order valence-electron chi connectivity index (χ2n) is 6.95. The molecule has 0 aliphatic carbocycles. The van der Waals surface area contributed by atoms with Gasteiger partial charge in [-0.1, -0.05) is 42.5 Å². The number of hydrogen-bond donors (Lipinski definition) is 3. The first kappa shape index (κ1) is 19.8. The first-order chi connectivity index (χ1) is 13.5. The van der Waals surface area contributed by atoms with E-state index < -0.39 is 6.04 Å². The van der Waals surface area contributed by atoms with Crippen LogP contribution in [-0.4, -0.2) is 54.8 Å². The zero-order valence-electron chi connectivity index (χ0n) is 16.0. The zero-order valence-corrected chi connectivity index (χ0v) is 16.0. The van der Waals surface area contributed by atoms with Crippen molar-refractivity contribution < 1.29 is 14.4 Å². The second-order valence-corrected chi connectivity index (χ2v) is 6.95. The van der Waals surface area contributed by atoms with E-state index in [2.05, 4.69) is 45.1 Å². The summed E-state index contributed by atoms with van der Waals surface area (Å²) in [5.74, 6) is -0.457. The normalized spacial score (nSPS) is 17.2.